The Labute approximate surface area is 149 Å². The van der Waals surface area contributed by atoms with Crippen LogP contribution in [0.3, 0.4) is 0 Å². The number of rotatable bonds is 7. The average molecular weight is 363 g/mol. The van der Waals surface area contributed by atoms with Crippen molar-refractivity contribution in [2.75, 3.05) is 11.9 Å². The largest absolute Gasteiger partial charge is 0.493 e. The molecule has 138 valence electrons. The lowest BCUT2D eigenvalue weighted by Crippen LogP contribution is -2.31. The number of para-hydroxylation sites is 1. The molecule has 0 saturated carbocycles. The van der Waals surface area contributed by atoms with Gasteiger partial charge in [0.05, 0.1) is 13.0 Å². The van der Waals surface area contributed by atoms with Gasteiger partial charge in [-0.1, -0.05) is 23.8 Å². The minimum absolute atomic E-state index is 0.0699. The van der Waals surface area contributed by atoms with Crippen LogP contribution in [-0.4, -0.2) is 24.6 Å². The predicted molar refractivity (Wildman–Crippen MR) is 91.8 cm³/mol. The Hall–Kier alpha value is -2.96. The standard InChI is InChI=1S/C19H19F2NO4/c1-12-6-8-14(9-7-12)25-11-10-17(23)26-13(2)19(24)22-18-15(20)4-3-5-16(18)21/h3-9,13H,10-11H2,1-2H3,(H,22,24)/t13-/m0/s1. The van der Waals surface area contributed by atoms with Gasteiger partial charge in [0, 0.05) is 0 Å². The maximum absolute atomic E-state index is 13.5. The summed E-state index contributed by atoms with van der Waals surface area (Å²) < 4.78 is 37.4. The fourth-order valence-corrected chi connectivity index (χ4v) is 2.04. The smallest absolute Gasteiger partial charge is 0.310 e. The number of anilines is 1. The van der Waals surface area contributed by atoms with Gasteiger partial charge in [-0.25, -0.2) is 8.78 Å². The summed E-state index contributed by atoms with van der Waals surface area (Å²) in [5, 5.41) is 2.07. The van der Waals surface area contributed by atoms with E-state index in [-0.39, 0.29) is 13.0 Å². The summed E-state index contributed by atoms with van der Waals surface area (Å²) in [6, 6.07) is 10.5. The highest BCUT2D eigenvalue weighted by molar-refractivity contribution is 5.95. The molecule has 5 nitrogen and oxygen atoms in total. The number of aryl methyl sites for hydroxylation is 1. The van der Waals surface area contributed by atoms with Gasteiger partial charge in [0.25, 0.3) is 5.91 Å². The maximum Gasteiger partial charge on any atom is 0.310 e. The lowest BCUT2D eigenvalue weighted by molar-refractivity contribution is -0.153. The van der Waals surface area contributed by atoms with Crippen molar-refractivity contribution in [1.29, 1.82) is 0 Å². The molecule has 0 fully saturated rings. The Bertz CT molecular complexity index is 757. The molecule has 0 aromatic heterocycles. The summed E-state index contributed by atoms with van der Waals surface area (Å²) in [4.78, 5) is 23.7. The fourth-order valence-electron chi connectivity index (χ4n) is 2.04. The minimum atomic E-state index is -1.21. The first-order chi connectivity index (χ1) is 12.4. The summed E-state index contributed by atoms with van der Waals surface area (Å²) >= 11 is 0. The zero-order chi connectivity index (χ0) is 19.1. The molecule has 0 saturated heterocycles. The molecule has 1 N–H and O–H groups in total. The number of carbonyl (C=O) groups excluding carboxylic acids is 2. The number of nitrogens with one attached hydrogen (secondary N) is 1. The Kier molecular flexibility index (Phi) is 6.66. The third-order valence-corrected chi connectivity index (χ3v) is 3.48. The van der Waals surface area contributed by atoms with Gasteiger partial charge in [-0.3, -0.25) is 9.59 Å². The molecule has 0 radical (unpaired) electrons. The molecule has 1 amide bonds. The van der Waals surface area contributed by atoms with Crippen LogP contribution in [0.5, 0.6) is 5.75 Å². The lowest BCUT2D eigenvalue weighted by Gasteiger charge is -2.14. The van der Waals surface area contributed by atoms with Crippen LogP contribution in [0.25, 0.3) is 0 Å². The molecule has 0 spiro atoms. The minimum Gasteiger partial charge on any atom is -0.493 e. The highest BCUT2D eigenvalue weighted by Crippen LogP contribution is 2.18. The van der Waals surface area contributed by atoms with Gasteiger partial charge in [0.2, 0.25) is 0 Å². The van der Waals surface area contributed by atoms with Crippen molar-refractivity contribution >= 4 is 17.6 Å². The number of esters is 1. The maximum atomic E-state index is 13.5. The van der Waals surface area contributed by atoms with Gasteiger partial charge in [0.15, 0.2) is 6.10 Å². The van der Waals surface area contributed by atoms with Crippen molar-refractivity contribution in [3.05, 3.63) is 59.7 Å². The summed E-state index contributed by atoms with van der Waals surface area (Å²) in [7, 11) is 0. The van der Waals surface area contributed by atoms with E-state index in [0.717, 1.165) is 17.7 Å². The van der Waals surface area contributed by atoms with Crippen molar-refractivity contribution in [2.24, 2.45) is 0 Å². The molecule has 2 aromatic carbocycles. The Morgan fingerprint density at radius 3 is 2.31 bits per heavy atom. The summed E-state index contributed by atoms with van der Waals surface area (Å²) in [6.07, 6.45) is -1.28. The molecule has 2 aromatic rings. The Morgan fingerprint density at radius 1 is 1.08 bits per heavy atom. The second-order valence-electron chi connectivity index (χ2n) is 5.63. The van der Waals surface area contributed by atoms with Gasteiger partial charge in [-0.2, -0.15) is 0 Å². The van der Waals surface area contributed by atoms with E-state index >= 15 is 0 Å². The molecule has 0 unspecified atom stereocenters. The highest BCUT2D eigenvalue weighted by Gasteiger charge is 2.20. The van der Waals surface area contributed by atoms with E-state index in [2.05, 4.69) is 5.32 Å². The Morgan fingerprint density at radius 2 is 1.69 bits per heavy atom. The molecular formula is C19H19F2NO4. The second-order valence-corrected chi connectivity index (χ2v) is 5.63. The van der Waals surface area contributed by atoms with Crippen molar-refractivity contribution in [1.82, 2.24) is 0 Å². The second kappa shape index (κ2) is 8.94. The molecule has 0 aliphatic carbocycles. The normalized spacial score (nSPS) is 11.5. The molecule has 2 rings (SSSR count). The van der Waals surface area contributed by atoms with Crippen LogP contribution >= 0.6 is 0 Å². The van der Waals surface area contributed by atoms with Crippen molar-refractivity contribution in [3.63, 3.8) is 0 Å². The van der Waals surface area contributed by atoms with Gasteiger partial charge in [-0.15, -0.1) is 0 Å². The summed E-state index contributed by atoms with van der Waals surface area (Å²) in [5.41, 5.74) is 0.506. The summed E-state index contributed by atoms with van der Waals surface area (Å²) in [5.74, 6) is -2.70. The van der Waals surface area contributed by atoms with Crippen molar-refractivity contribution in [3.8, 4) is 5.75 Å². The zero-order valence-corrected chi connectivity index (χ0v) is 14.4. The van der Waals surface area contributed by atoms with Crippen molar-refractivity contribution < 1.29 is 27.8 Å². The van der Waals surface area contributed by atoms with Crippen LogP contribution in [-0.2, 0) is 14.3 Å². The third-order valence-electron chi connectivity index (χ3n) is 3.48. The van der Waals surface area contributed by atoms with E-state index in [1.165, 1.54) is 13.0 Å². The van der Waals surface area contributed by atoms with Crippen LogP contribution in [0, 0.1) is 18.6 Å². The molecule has 7 heteroatoms. The number of benzene rings is 2. The van der Waals surface area contributed by atoms with E-state index in [1.54, 1.807) is 12.1 Å². The third kappa shape index (κ3) is 5.54. The molecule has 0 aliphatic heterocycles. The topological polar surface area (TPSA) is 64.6 Å². The molecule has 0 aliphatic rings. The van der Waals surface area contributed by atoms with Gasteiger partial charge >= 0.3 is 5.97 Å². The number of hydrogen-bond acceptors (Lipinski definition) is 4. The summed E-state index contributed by atoms with van der Waals surface area (Å²) in [6.45, 7) is 3.34. The highest BCUT2D eigenvalue weighted by atomic mass is 19.1. The van der Waals surface area contributed by atoms with Gasteiger partial charge in [-0.05, 0) is 38.1 Å². The first-order valence-electron chi connectivity index (χ1n) is 8.00. The van der Waals surface area contributed by atoms with E-state index < -0.39 is 35.3 Å². The van der Waals surface area contributed by atoms with Crippen LogP contribution in [0.15, 0.2) is 42.5 Å². The first kappa shape index (κ1) is 19.4. The van der Waals surface area contributed by atoms with E-state index in [1.807, 2.05) is 19.1 Å². The monoisotopic (exact) mass is 363 g/mol. The quantitative estimate of drug-likeness (QED) is 0.763. The lowest BCUT2D eigenvalue weighted by atomic mass is 10.2. The molecule has 26 heavy (non-hydrogen) atoms. The molecule has 0 heterocycles. The molecule has 1 atom stereocenters. The van der Waals surface area contributed by atoms with Gasteiger partial charge < -0.3 is 14.8 Å². The number of carbonyl (C=O) groups is 2. The SMILES string of the molecule is Cc1ccc(OCCC(=O)O[C@@H](C)C(=O)Nc2c(F)cccc2F)cc1. The number of amides is 1. The zero-order valence-electron chi connectivity index (χ0n) is 14.4. The predicted octanol–water partition coefficient (Wildman–Crippen LogP) is 3.61. The molecule has 0 bridgehead atoms. The Balaban J connectivity index is 1.78. The average Bonchev–Trinajstić information content (AvgIpc) is 2.59. The van der Waals surface area contributed by atoms with E-state index in [4.69, 9.17) is 9.47 Å². The first-order valence-corrected chi connectivity index (χ1v) is 8.00. The van der Waals surface area contributed by atoms with Crippen LogP contribution in [0.2, 0.25) is 0 Å². The van der Waals surface area contributed by atoms with Gasteiger partial charge in [0.1, 0.15) is 23.1 Å². The van der Waals surface area contributed by atoms with E-state index in [9.17, 15) is 18.4 Å². The van der Waals surface area contributed by atoms with Crippen LogP contribution in [0.4, 0.5) is 14.5 Å². The fraction of sp³-hybridized carbons (Fsp3) is 0.263. The molecular weight excluding hydrogens is 344 g/mol. The van der Waals surface area contributed by atoms with Crippen LogP contribution < -0.4 is 10.1 Å². The number of ether oxygens (including phenoxy) is 2. The number of hydrogen-bond donors (Lipinski definition) is 1. The van der Waals surface area contributed by atoms with Crippen molar-refractivity contribution in [2.45, 2.75) is 26.4 Å². The number of halogens is 2. The van der Waals surface area contributed by atoms with Crippen LogP contribution in [0.1, 0.15) is 18.9 Å². The van der Waals surface area contributed by atoms with E-state index in [0.29, 0.717) is 5.75 Å².